The fraction of sp³-hybridized carbons (Fsp3) is 0.0645. The Hall–Kier alpha value is -4.34. The van der Waals surface area contributed by atoms with Gasteiger partial charge in [-0.15, -0.1) is 0 Å². The Morgan fingerprint density at radius 2 is 1.82 bits per heavy atom. The van der Waals surface area contributed by atoms with E-state index in [1.54, 1.807) is 43.3 Å². The number of benzene rings is 3. The number of rotatable bonds is 5. The maximum absolute atomic E-state index is 13.8. The normalized spacial score (nSPS) is 15.1. The van der Waals surface area contributed by atoms with Gasteiger partial charge in [0.15, 0.2) is 4.80 Å². The lowest BCUT2D eigenvalue weighted by Gasteiger charge is -2.25. The summed E-state index contributed by atoms with van der Waals surface area (Å²) in [6.07, 6.45) is 1.68. The summed E-state index contributed by atoms with van der Waals surface area (Å²) in [5.41, 5.74) is 2.57. The highest BCUT2D eigenvalue weighted by molar-refractivity contribution is 9.10. The fourth-order valence-corrected chi connectivity index (χ4v) is 6.07. The summed E-state index contributed by atoms with van der Waals surface area (Å²) in [4.78, 5) is 32.5. The van der Waals surface area contributed by atoms with Crippen LogP contribution in [0.2, 0.25) is 0 Å². The topological polar surface area (TPSA) is 76.6 Å². The maximum Gasteiger partial charge on any atom is 0.271 e. The van der Waals surface area contributed by atoms with E-state index >= 15 is 0 Å². The first kappa shape index (κ1) is 25.9. The van der Waals surface area contributed by atoms with Gasteiger partial charge in [-0.05, 0) is 61.0 Å². The molecule has 3 aromatic carbocycles. The minimum absolute atomic E-state index is 0.310. The first-order chi connectivity index (χ1) is 19.4. The number of hydrogen-bond acceptors (Lipinski definition) is 5. The van der Waals surface area contributed by atoms with E-state index in [1.165, 1.54) is 28.0 Å². The zero-order valence-electron chi connectivity index (χ0n) is 21.1. The Morgan fingerprint density at radius 3 is 2.58 bits per heavy atom. The van der Waals surface area contributed by atoms with E-state index in [0.717, 1.165) is 10.0 Å². The molecule has 0 radical (unpaired) electrons. The highest BCUT2D eigenvalue weighted by Gasteiger charge is 2.32. The van der Waals surface area contributed by atoms with Gasteiger partial charge in [0.05, 0.1) is 21.8 Å². The first-order valence-corrected chi connectivity index (χ1v) is 14.0. The molecule has 1 aliphatic rings. The number of para-hydroxylation sites is 1. The lowest BCUT2D eigenvalue weighted by molar-refractivity contribution is -0.113. The van der Waals surface area contributed by atoms with Crippen LogP contribution in [-0.4, -0.2) is 10.5 Å². The maximum atomic E-state index is 13.8. The Balaban J connectivity index is 1.45. The molecule has 0 bridgehead atoms. The van der Waals surface area contributed by atoms with Crippen molar-refractivity contribution in [3.8, 4) is 11.3 Å². The molecule has 0 spiro atoms. The van der Waals surface area contributed by atoms with Crippen molar-refractivity contribution in [2.45, 2.75) is 13.0 Å². The number of nitrogens with zero attached hydrogens (tertiary/aromatic N) is 2. The van der Waals surface area contributed by atoms with Gasteiger partial charge in [-0.25, -0.2) is 9.38 Å². The summed E-state index contributed by atoms with van der Waals surface area (Å²) >= 11 is 4.68. The summed E-state index contributed by atoms with van der Waals surface area (Å²) in [6, 6.07) is 25.5. The van der Waals surface area contributed by atoms with Crippen molar-refractivity contribution in [2.75, 3.05) is 5.32 Å². The van der Waals surface area contributed by atoms with Gasteiger partial charge >= 0.3 is 0 Å². The molecule has 0 saturated heterocycles. The number of carbonyl (C=O) groups excluding carboxylic acids is 1. The Labute approximate surface area is 240 Å². The standard InChI is InChI=1S/C31H21BrFN3O3S/c1-18-27(29(37)35-23-8-3-2-4-9-23)28(19-10-12-22(33)13-11-19)36-30(38)26(40-31(36)34-18)17-24-14-15-25(39-24)20-6-5-7-21(32)16-20/h2-17,28H,1H3,(H,35,37)/b26-17-. The molecule has 1 aliphatic heterocycles. The van der Waals surface area contributed by atoms with Crippen LogP contribution in [0.4, 0.5) is 10.1 Å². The molecule has 9 heteroatoms. The van der Waals surface area contributed by atoms with E-state index in [-0.39, 0.29) is 11.5 Å². The molecule has 1 atom stereocenters. The summed E-state index contributed by atoms with van der Waals surface area (Å²) in [6.45, 7) is 1.74. The van der Waals surface area contributed by atoms with Crippen LogP contribution in [0.25, 0.3) is 17.4 Å². The van der Waals surface area contributed by atoms with Gasteiger partial charge in [0.2, 0.25) is 0 Å². The average molecular weight is 614 g/mol. The van der Waals surface area contributed by atoms with Crippen LogP contribution in [0.1, 0.15) is 24.3 Å². The number of allylic oxidation sites excluding steroid dienone is 1. The van der Waals surface area contributed by atoms with Gasteiger partial charge in [-0.3, -0.25) is 14.2 Å². The number of anilines is 1. The van der Waals surface area contributed by atoms with E-state index in [0.29, 0.717) is 43.4 Å². The molecule has 1 amide bonds. The number of nitrogens with one attached hydrogen (secondary N) is 1. The van der Waals surface area contributed by atoms with E-state index in [9.17, 15) is 14.0 Å². The van der Waals surface area contributed by atoms with Gasteiger partial charge in [0.25, 0.3) is 11.5 Å². The zero-order valence-corrected chi connectivity index (χ0v) is 23.5. The van der Waals surface area contributed by atoms with Crippen molar-refractivity contribution in [3.05, 3.63) is 144 Å². The van der Waals surface area contributed by atoms with E-state index in [1.807, 2.05) is 48.5 Å². The first-order valence-electron chi connectivity index (χ1n) is 12.4. The molecule has 198 valence electrons. The number of furan rings is 1. The highest BCUT2D eigenvalue weighted by atomic mass is 79.9. The molecule has 1 unspecified atom stereocenters. The van der Waals surface area contributed by atoms with Gasteiger partial charge in [-0.1, -0.05) is 69.7 Å². The molecule has 2 aromatic heterocycles. The van der Waals surface area contributed by atoms with Gasteiger partial charge in [-0.2, -0.15) is 0 Å². The van der Waals surface area contributed by atoms with Crippen LogP contribution in [-0.2, 0) is 4.79 Å². The molecule has 5 aromatic rings. The molecule has 0 saturated carbocycles. The van der Waals surface area contributed by atoms with Crippen molar-refractivity contribution in [1.29, 1.82) is 0 Å². The molecule has 40 heavy (non-hydrogen) atoms. The number of fused-ring (bicyclic) bond motifs is 1. The minimum atomic E-state index is -0.795. The smallest absolute Gasteiger partial charge is 0.271 e. The van der Waals surface area contributed by atoms with Gasteiger partial charge in [0, 0.05) is 21.8 Å². The molecule has 6 nitrogen and oxygen atoms in total. The molecule has 1 N–H and O–H groups in total. The third kappa shape index (κ3) is 5.01. The van der Waals surface area contributed by atoms with Crippen molar-refractivity contribution in [2.24, 2.45) is 4.99 Å². The van der Waals surface area contributed by atoms with E-state index < -0.39 is 11.9 Å². The summed E-state index contributed by atoms with van der Waals surface area (Å²) in [5.74, 6) is 0.378. The van der Waals surface area contributed by atoms with Crippen molar-refractivity contribution >= 4 is 44.9 Å². The lowest BCUT2D eigenvalue weighted by Crippen LogP contribution is -2.40. The third-order valence-electron chi connectivity index (χ3n) is 6.49. The number of halogens is 2. The SMILES string of the molecule is CC1=C(C(=O)Nc2ccccc2)C(c2ccc(F)cc2)n2c(s/c(=C\c3ccc(-c4cccc(Br)c4)o3)c2=O)=N1. The van der Waals surface area contributed by atoms with Gasteiger partial charge in [0.1, 0.15) is 17.3 Å². The number of carbonyl (C=O) groups is 1. The van der Waals surface area contributed by atoms with Crippen molar-refractivity contribution in [3.63, 3.8) is 0 Å². The minimum Gasteiger partial charge on any atom is -0.457 e. The predicted octanol–water partition coefficient (Wildman–Crippen LogP) is 6.04. The second-order valence-electron chi connectivity index (χ2n) is 9.17. The third-order valence-corrected chi connectivity index (χ3v) is 7.97. The van der Waals surface area contributed by atoms with E-state index in [2.05, 4.69) is 26.2 Å². The molecular weight excluding hydrogens is 593 g/mol. The molecule has 0 fully saturated rings. The average Bonchev–Trinajstić information content (AvgIpc) is 3.53. The van der Waals surface area contributed by atoms with Crippen LogP contribution in [0.3, 0.4) is 0 Å². The van der Waals surface area contributed by atoms with Crippen LogP contribution in [0.15, 0.2) is 121 Å². The van der Waals surface area contributed by atoms with Crippen LogP contribution in [0, 0.1) is 5.82 Å². The van der Waals surface area contributed by atoms with Crippen molar-refractivity contribution < 1.29 is 13.6 Å². The monoisotopic (exact) mass is 613 g/mol. The second kappa shape index (κ2) is 10.7. The number of hydrogen-bond donors (Lipinski definition) is 1. The molecular formula is C31H21BrFN3O3S. The summed E-state index contributed by atoms with van der Waals surface area (Å²) < 4.78 is 22.7. The fourth-order valence-electron chi connectivity index (χ4n) is 4.65. The highest BCUT2D eigenvalue weighted by Crippen LogP contribution is 2.31. The summed E-state index contributed by atoms with van der Waals surface area (Å²) in [7, 11) is 0. The van der Waals surface area contributed by atoms with Crippen molar-refractivity contribution in [1.82, 2.24) is 4.57 Å². The Kier molecular flexibility index (Phi) is 6.91. The Morgan fingerprint density at radius 1 is 1.05 bits per heavy atom. The Bertz CT molecular complexity index is 1960. The van der Waals surface area contributed by atoms with E-state index in [4.69, 9.17) is 4.42 Å². The predicted molar refractivity (Wildman–Crippen MR) is 157 cm³/mol. The quantitative estimate of drug-likeness (QED) is 0.263. The number of thiazole rings is 1. The summed E-state index contributed by atoms with van der Waals surface area (Å²) in [5, 5.41) is 2.90. The number of aromatic nitrogens is 1. The van der Waals surface area contributed by atoms with Crippen LogP contribution >= 0.6 is 27.3 Å². The van der Waals surface area contributed by atoms with Crippen LogP contribution < -0.4 is 20.2 Å². The largest absolute Gasteiger partial charge is 0.457 e. The zero-order chi connectivity index (χ0) is 27.8. The second-order valence-corrected chi connectivity index (χ2v) is 11.1. The van der Waals surface area contributed by atoms with Crippen LogP contribution in [0.5, 0.6) is 0 Å². The molecule has 6 rings (SSSR count). The number of amides is 1. The van der Waals surface area contributed by atoms with Gasteiger partial charge < -0.3 is 9.73 Å². The molecule has 0 aliphatic carbocycles. The lowest BCUT2D eigenvalue weighted by atomic mass is 9.95. The molecule has 3 heterocycles.